The van der Waals surface area contributed by atoms with Crippen LogP contribution in [0, 0.1) is 17.8 Å². The molecule has 0 saturated heterocycles. The first-order chi connectivity index (χ1) is 8.06. The zero-order valence-electron chi connectivity index (χ0n) is 10.9. The van der Waals surface area contributed by atoms with Crippen LogP contribution in [0.5, 0.6) is 0 Å². The van der Waals surface area contributed by atoms with Crippen molar-refractivity contribution in [2.24, 2.45) is 17.8 Å². The smallest absolute Gasteiger partial charge is 0.333 e. The molecule has 1 fully saturated rings. The molecule has 0 spiro atoms. The van der Waals surface area contributed by atoms with Gasteiger partial charge in [-0.25, -0.2) is 4.79 Å². The molecule has 17 heavy (non-hydrogen) atoms. The van der Waals surface area contributed by atoms with E-state index in [1.165, 1.54) is 18.9 Å². The summed E-state index contributed by atoms with van der Waals surface area (Å²) in [7, 11) is 0. The molecule has 0 amide bonds. The minimum atomic E-state index is -0.459. The summed E-state index contributed by atoms with van der Waals surface area (Å²) >= 11 is 0. The number of hydrogen-bond donors (Lipinski definition) is 0. The maximum Gasteiger partial charge on any atom is 0.333 e. The zero-order valence-corrected chi connectivity index (χ0v) is 10.9. The summed E-state index contributed by atoms with van der Waals surface area (Å²) in [6.07, 6.45) is 6.49. The Bertz CT molecular complexity index is 309. The lowest BCUT2D eigenvalue weighted by Crippen LogP contribution is -2.36. The molecule has 96 valence electrons. The molecule has 1 aliphatic carbocycles. The molecule has 0 aromatic carbocycles. The number of hydrogen-bond acceptors (Lipinski definition) is 3. The van der Waals surface area contributed by atoms with E-state index < -0.39 is 6.29 Å². The van der Waals surface area contributed by atoms with Crippen molar-refractivity contribution in [3.63, 3.8) is 0 Å². The summed E-state index contributed by atoms with van der Waals surface area (Å²) < 4.78 is 11.0. The van der Waals surface area contributed by atoms with Crippen LogP contribution < -0.4 is 0 Å². The highest BCUT2D eigenvalue weighted by Crippen LogP contribution is 2.36. The fourth-order valence-corrected chi connectivity index (χ4v) is 2.87. The highest BCUT2D eigenvalue weighted by molar-refractivity contribution is 5.84. The fraction of sp³-hybridized carbons (Fsp3) is 0.786. The molecule has 1 aliphatic heterocycles. The first kappa shape index (κ1) is 12.6. The van der Waals surface area contributed by atoms with Crippen molar-refractivity contribution in [1.29, 1.82) is 0 Å². The van der Waals surface area contributed by atoms with Crippen LogP contribution in [0.2, 0.25) is 0 Å². The van der Waals surface area contributed by atoms with E-state index in [1.807, 2.05) is 0 Å². The third-order valence-electron chi connectivity index (χ3n) is 3.89. The van der Waals surface area contributed by atoms with Crippen molar-refractivity contribution in [1.82, 2.24) is 0 Å². The van der Waals surface area contributed by atoms with Crippen LogP contribution in [0.1, 0.15) is 40.0 Å². The van der Waals surface area contributed by atoms with Gasteiger partial charge in [-0.15, -0.1) is 0 Å². The van der Waals surface area contributed by atoms with Crippen LogP contribution in [-0.2, 0) is 14.3 Å². The number of carbonyl (C=O) groups is 1. The normalized spacial score (nSPS) is 37.5. The van der Waals surface area contributed by atoms with E-state index in [0.717, 1.165) is 6.42 Å². The summed E-state index contributed by atoms with van der Waals surface area (Å²) in [4.78, 5) is 11.0. The standard InChI is InChI=1S/C14H22O3/c1-9(2)11-5-4-10(3)8-12(11)16-14-7-6-13(15)17-14/h6-7,9-12,14H,4-5,8H2,1-3H3/t10-,11+,12-,14?/m1/s1. The molecule has 3 nitrogen and oxygen atoms in total. The van der Waals surface area contributed by atoms with E-state index in [-0.39, 0.29) is 12.1 Å². The van der Waals surface area contributed by atoms with E-state index in [1.54, 1.807) is 6.08 Å². The van der Waals surface area contributed by atoms with Crippen LogP contribution in [0.15, 0.2) is 12.2 Å². The average molecular weight is 238 g/mol. The molecule has 0 aromatic heterocycles. The molecule has 1 unspecified atom stereocenters. The van der Waals surface area contributed by atoms with Crippen molar-refractivity contribution in [2.75, 3.05) is 0 Å². The van der Waals surface area contributed by atoms with E-state index in [9.17, 15) is 4.79 Å². The Morgan fingerprint density at radius 3 is 2.76 bits per heavy atom. The van der Waals surface area contributed by atoms with Crippen LogP contribution in [-0.4, -0.2) is 18.4 Å². The van der Waals surface area contributed by atoms with Gasteiger partial charge >= 0.3 is 5.97 Å². The van der Waals surface area contributed by atoms with Crippen LogP contribution >= 0.6 is 0 Å². The summed E-state index contributed by atoms with van der Waals surface area (Å²) in [5.41, 5.74) is 0. The maximum atomic E-state index is 11.0. The minimum absolute atomic E-state index is 0.222. The molecule has 2 aliphatic rings. The second kappa shape index (κ2) is 5.21. The van der Waals surface area contributed by atoms with Gasteiger partial charge in [-0.05, 0) is 36.7 Å². The van der Waals surface area contributed by atoms with Gasteiger partial charge < -0.3 is 9.47 Å². The third kappa shape index (κ3) is 3.09. The molecule has 2 rings (SSSR count). The summed E-state index contributed by atoms with van der Waals surface area (Å²) in [6, 6.07) is 0. The van der Waals surface area contributed by atoms with Gasteiger partial charge in [0.15, 0.2) is 0 Å². The van der Waals surface area contributed by atoms with Crippen molar-refractivity contribution >= 4 is 5.97 Å². The van der Waals surface area contributed by atoms with Crippen molar-refractivity contribution in [3.8, 4) is 0 Å². The quantitative estimate of drug-likeness (QED) is 0.709. The van der Waals surface area contributed by atoms with Crippen LogP contribution in [0.25, 0.3) is 0 Å². The maximum absolute atomic E-state index is 11.0. The number of esters is 1. The van der Waals surface area contributed by atoms with Crippen molar-refractivity contribution < 1.29 is 14.3 Å². The van der Waals surface area contributed by atoms with Gasteiger partial charge in [0, 0.05) is 6.08 Å². The van der Waals surface area contributed by atoms with Gasteiger partial charge in [0.1, 0.15) is 0 Å². The Hall–Kier alpha value is -0.830. The predicted octanol–water partition coefficient (Wildman–Crippen LogP) is 2.90. The lowest BCUT2D eigenvalue weighted by molar-refractivity contribution is -0.178. The van der Waals surface area contributed by atoms with Crippen molar-refractivity contribution in [3.05, 3.63) is 12.2 Å². The summed E-state index contributed by atoms with van der Waals surface area (Å²) in [5, 5.41) is 0. The highest BCUT2D eigenvalue weighted by atomic mass is 16.7. The monoisotopic (exact) mass is 238 g/mol. The van der Waals surface area contributed by atoms with Crippen molar-refractivity contribution in [2.45, 2.75) is 52.4 Å². The Balaban J connectivity index is 1.95. The Kier molecular flexibility index (Phi) is 3.87. The average Bonchev–Trinajstić information content (AvgIpc) is 2.63. The molecule has 3 heteroatoms. The number of ether oxygens (including phenoxy) is 2. The molecular formula is C14H22O3. The minimum Gasteiger partial charge on any atom is -0.429 e. The topological polar surface area (TPSA) is 35.5 Å². The molecule has 1 heterocycles. The van der Waals surface area contributed by atoms with E-state index >= 15 is 0 Å². The van der Waals surface area contributed by atoms with Gasteiger partial charge in [-0.2, -0.15) is 0 Å². The van der Waals surface area contributed by atoms with Gasteiger partial charge in [0.25, 0.3) is 0 Å². The summed E-state index contributed by atoms with van der Waals surface area (Å²) in [6.45, 7) is 6.75. The van der Waals surface area contributed by atoms with Crippen LogP contribution in [0.4, 0.5) is 0 Å². The first-order valence-electron chi connectivity index (χ1n) is 6.60. The van der Waals surface area contributed by atoms with Crippen LogP contribution in [0.3, 0.4) is 0 Å². The van der Waals surface area contributed by atoms with Gasteiger partial charge in [0.05, 0.1) is 6.10 Å². The largest absolute Gasteiger partial charge is 0.429 e. The van der Waals surface area contributed by atoms with E-state index in [4.69, 9.17) is 9.47 Å². The highest BCUT2D eigenvalue weighted by Gasteiger charge is 2.34. The van der Waals surface area contributed by atoms with Gasteiger partial charge in [0.2, 0.25) is 6.29 Å². The number of carbonyl (C=O) groups excluding carboxylic acids is 1. The number of cyclic esters (lactones) is 1. The lowest BCUT2D eigenvalue weighted by atomic mass is 9.75. The second-order valence-corrected chi connectivity index (χ2v) is 5.67. The second-order valence-electron chi connectivity index (χ2n) is 5.67. The van der Waals surface area contributed by atoms with Gasteiger partial charge in [-0.3, -0.25) is 0 Å². The molecule has 0 bridgehead atoms. The molecule has 0 radical (unpaired) electrons. The van der Waals surface area contributed by atoms with E-state index in [0.29, 0.717) is 17.8 Å². The first-order valence-corrected chi connectivity index (χ1v) is 6.60. The third-order valence-corrected chi connectivity index (χ3v) is 3.89. The van der Waals surface area contributed by atoms with Gasteiger partial charge in [-0.1, -0.05) is 27.2 Å². The fourth-order valence-electron chi connectivity index (χ4n) is 2.87. The molecule has 1 saturated carbocycles. The molecule has 4 atom stereocenters. The lowest BCUT2D eigenvalue weighted by Gasteiger charge is -2.37. The summed E-state index contributed by atoms with van der Waals surface area (Å²) in [5.74, 6) is 1.61. The van der Waals surface area contributed by atoms with E-state index in [2.05, 4.69) is 20.8 Å². The number of rotatable bonds is 3. The predicted molar refractivity (Wildman–Crippen MR) is 65.2 cm³/mol. The Morgan fingerprint density at radius 1 is 1.41 bits per heavy atom. The Labute approximate surface area is 103 Å². The molecule has 0 N–H and O–H groups in total. The molecular weight excluding hydrogens is 216 g/mol. The SMILES string of the molecule is CC(C)[C@@H]1CC[C@@H](C)C[C@H]1OC1C=CC(=O)O1. The zero-order chi connectivity index (χ0) is 12.4. The Morgan fingerprint density at radius 2 is 2.18 bits per heavy atom. The molecule has 0 aromatic rings.